The van der Waals surface area contributed by atoms with Gasteiger partial charge in [-0.3, -0.25) is 14.7 Å². The predicted molar refractivity (Wildman–Crippen MR) is 107 cm³/mol. The molecule has 6 N–H and O–H groups in total. The highest BCUT2D eigenvalue weighted by Gasteiger charge is 2.44. The Bertz CT molecular complexity index is 1140. The van der Waals surface area contributed by atoms with Crippen molar-refractivity contribution in [3.63, 3.8) is 0 Å². The van der Waals surface area contributed by atoms with Gasteiger partial charge in [0.25, 0.3) is 5.69 Å². The molecule has 4 atom stereocenters. The molecule has 3 aromatic rings. The van der Waals surface area contributed by atoms with E-state index in [9.17, 15) is 30.5 Å². The zero-order chi connectivity index (χ0) is 22.3. The molecule has 2 aromatic heterocycles. The van der Waals surface area contributed by atoms with Gasteiger partial charge in [-0.25, -0.2) is 9.97 Å². The molecule has 13 nitrogen and oxygen atoms in total. The fourth-order valence-corrected chi connectivity index (χ4v) is 4.21. The summed E-state index contributed by atoms with van der Waals surface area (Å²) in [6.45, 7) is -0.480. The van der Waals surface area contributed by atoms with Crippen molar-refractivity contribution in [2.45, 2.75) is 35.3 Å². The Hall–Kier alpha value is -3.04. The van der Waals surface area contributed by atoms with Crippen LogP contribution in [0.25, 0.3) is 11.2 Å². The van der Waals surface area contributed by atoms with Crippen LogP contribution in [-0.4, -0.2) is 69.8 Å². The number of nitrogens with zero attached hydrogens (tertiary/aromatic N) is 5. The second kappa shape index (κ2) is 8.24. The van der Waals surface area contributed by atoms with Crippen molar-refractivity contribution in [3.8, 4) is 5.75 Å². The highest BCUT2D eigenvalue weighted by Crippen LogP contribution is 2.35. The van der Waals surface area contributed by atoms with E-state index in [1.54, 1.807) is 0 Å². The molecule has 31 heavy (non-hydrogen) atoms. The van der Waals surface area contributed by atoms with E-state index in [-0.39, 0.29) is 28.8 Å². The number of hydrogen-bond acceptors (Lipinski definition) is 12. The Morgan fingerprint density at radius 1 is 1.29 bits per heavy atom. The number of rotatable bonds is 6. The Kier molecular flexibility index (Phi) is 5.63. The number of phenolic OH excluding ortho intramolecular Hbond substituents is 1. The number of thioether (sulfide) groups is 1. The second-order valence-electron chi connectivity index (χ2n) is 6.80. The number of imidazole rings is 1. The maximum Gasteiger partial charge on any atom is 0.270 e. The summed E-state index contributed by atoms with van der Waals surface area (Å²) in [5.74, 6) is -0.0556. The van der Waals surface area contributed by atoms with Crippen LogP contribution in [-0.2, 0) is 10.5 Å². The van der Waals surface area contributed by atoms with Crippen LogP contribution >= 0.6 is 11.8 Å². The number of fused-ring (bicyclic) bond motifs is 1. The molecule has 0 saturated carbocycles. The third-order valence-corrected chi connectivity index (χ3v) is 5.85. The molecule has 3 heterocycles. The molecule has 1 saturated heterocycles. The highest BCUT2D eigenvalue weighted by molar-refractivity contribution is 7.98. The molecular weight excluding hydrogens is 432 g/mol. The number of anilines is 1. The number of nitrogen functional groups attached to an aromatic ring is 1. The Morgan fingerprint density at radius 2 is 2.06 bits per heavy atom. The average Bonchev–Trinajstić information content (AvgIpc) is 3.28. The number of hydrogen-bond donors (Lipinski definition) is 5. The van der Waals surface area contributed by atoms with E-state index in [2.05, 4.69) is 15.0 Å². The SMILES string of the molecule is Nc1nc(SCc2cc([N+](=O)[O-])ccc2O)c2ncn(C3OC(CO)C(O)C3O)c2n1. The minimum atomic E-state index is -1.33. The van der Waals surface area contributed by atoms with Gasteiger partial charge in [-0.2, -0.15) is 4.98 Å². The fraction of sp³-hybridized carbons (Fsp3) is 0.353. The molecule has 1 aromatic carbocycles. The van der Waals surface area contributed by atoms with Crippen LogP contribution in [0.1, 0.15) is 11.8 Å². The topological polar surface area (TPSA) is 203 Å². The summed E-state index contributed by atoms with van der Waals surface area (Å²) < 4.78 is 6.90. The molecule has 0 amide bonds. The molecule has 4 rings (SSSR count). The molecule has 1 fully saturated rings. The molecule has 1 aliphatic rings. The number of aromatic hydroxyl groups is 1. The number of aliphatic hydroxyl groups excluding tert-OH is 3. The van der Waals surface area contributed by atoms with E-state index >= 15 is 0 Å². The summed E-state index contributed by atoms with van der Waals surface area (Å²) in [5, 5.41) is 50.9. The van der Waals surface area contributed by atoms with E-state index in [0.29, 0.717) is 16.1 Å². The highest BCUT2D eigenvalue weighted by atomic mass is 32.2. The number of phenols is 1. The maximum absolute atomic E-state index is 11.0. The molecule has 4 unspecified atom stereocenters. The van der Waals surface area contributed by atoms with Gasteiger partial charge < -0.3 is 30.9 Å². The van der Waals surface area contributed by atoms with Gasteiger partial charge in [-0.05, 0) is 6.07 Å². The first-order valence-electron chi connectivity index (χ1n) is 9.01. The number of nitrogens with two attached hydrogens (primary N) is 1. The van der Waals surface area contributed by atoms with Crippen LogP contribution in [0.15, 0.2) is 29.6 Å². The Balaban J connectivity index is 1.65. The van der Waals surface area contributed by atoms with Crippen molar-refractivity contribution in [1.29, 1.82) is 0 Å². The number of nitro groups is 1. The van der Waals surface area contributed by atoms with E-state index in [1.807, 2.05) is 0 Å². The minimum absolute atomic E-state index is 0.0910. The first-order chi connectivity index (χ1) is 14.8. The first-order valence-corrected chi connectivity index (χ1v) is 10.00. The van der Waals surface area contributed by atoms with E-state index in [1.165, 1.54) is 29.1 Å². The molecule has 1 aliphatic heterocycles. The monoisotopic (exact) mass is 450 g/mol. The lowest BCUT2D eigenvalue weighted by Crippen LogP contribution is -2.33. The normalized spacial score (nSPS) is 23.5. The van der Waals surface area contributed by atoms with Crippen molar-refractivity contribution >= 4 is 34.6 Å². The van der Waals surface area contributed by atoms with Crippen molar-refractivity contribution in [3.05, 3.63) is 40.2 Å². The van der Waals surface area contributed by atoms with Crippen LogP contribution < -0.4 is 5.73 Å². The van der Waals surface area contributed by atoms with Crippen molar-refractivity contribution in [2.75, 3.05) is 12.3 Å². The summed E-state index contributed by atoms with van der Waals surface area (Å²) >= 11 is 1.13. The van der Waals surface area contributed by atoms with Gasteiger partial charge >= 0.3 is 0 Å². The third kappa shape index (κ3) is 3.86. The number of benzene rings is 1. The number of aliphatic hydroxyl groups is 3. The summed E-state index contributed by atoms with van der Waals surface area (Å²) in [6, 6.07) is 3.71. The van der Waals surface area contributed by atoms with Crippen molar-refractivity contribution in [2.24, 2.45) is 0 Å². The minimum Gasteiger partial charge on any atom is -0.508 e. The fourth-order valence-electron chi connectivity index (χ4n) is 3.25. The smallest absolute Gasteiger partial charge is 0.270 e. The lowest BCUT2D eigenvalue weighted by molar-refractivity contribution is -0.384. The van der Waals surface area contributed by atoms with Gasteiger partial charge in [0, 0.05) is 23.4 Å². The van der Waals surface area contributed by atoms with Gasteiger partial charge in [0.05, 0.1) is 17.9 Å². The van der Waals surface area contributed by atoms with Crippen LogP contribution in [0.5, 0.6) is 5.75 Å². The van der Waals surface area contributed by atoms with Crippen LogP contribution in [0.2, 0.25) is 0 Å². The van der Waals surface area contributed by atoms with Crippen molar-refractivity contribution < 1.29 is 30.1 Å². The summed E-state index contributed by atoms with van der Waals surface area (Å²) in [7, 11) is 0. The van der Waals surface area contributed by atoms with E-state index in [0.717, 1.165) is 11.8 Å². The summed E-state index contributed by atoms with van der Waals surface area (Å²) in [4.78, 5) is 23.0. The zero-order valence-corrected chi connectivity index (χ0v) is 16.6. The molecular formula is C17H18N6O7S. The lowest BCUT2D eigenvalue weighted by atomic mass is 10.1. The van der Waals surface area contributed by atoms with Gasteiger partial charge in [0.2, 0.25) is 5.95 Å². The quantitative estimate of drug-likeness (QED) is 0.145. The summed E-state index contributed by atoms with van der Waals surface area (Å²) in [5.41, 5.74) is 6.54. The van der Waals surface area contributed by atoms with Crippen LogP contribution in [0, 0.1) is 10.1 Å². The lowest BCUT2D eigenvalue weighted by Gasteiger charge is -2.16. The number of nitro benzene ring substituents is 1. The Morgan fingerprint density at radius 3 is 2.74 bits per heavy atom. The number of aromatic nitrogens is 4. The van der Waals surface area contributed by atoms with Gasteiger partial charge in [0.1, 0.15) is 34.6 Å². The maximum atomic E-state index is 11.0. The van der Waals surface area contributed by atoms with Crippen LogP contribution in [0.4, 0.5) is 11.6 Å². The number of ether oxygens (including phenoxy) is 1. The third-order valence-electron chi connectivity index (χ3n) is 4.84. The second-order valence-corrected chi connectivity index (χ2v) is 7.76. The average molecular weight is 450 g/mol. The first kappa shape index (κ1) is 21.2. The molecule has 0 aliphatic carbocycles. The molecule has 14 heteroatoms. The molecule has 0 bridgehead atoms. The van der Waals surface area contributed by atoms with E-state index < -0.39 is 36.1 Å². The molecule has 0 radical (unpaired) electrons. The predicted octanol–water partition coefficient (Wildman–Crippen LogP) is -0.0739. The standard InChI is InChI=1S/C17H18N6O7S/c18-17-20-14-11(19-6-22(14)16-13(27)12(26)10(4-24)30-16)15(21-17)31-5-7-3-8(23(28)29)1-2-9(7)25/h1-3,6,10,12-13,16,24-27H,4-5H2,(H2,18,20,21). The van der Waals surface area contributed by atoms with Gasteiger partial charge in [0.15, 0.2) is 11.9 Å². The van der Waals surface area contributed by atoms with E-state index in [4.69, 9.17) is 10.5 Å². The Labute approximate surface area is 178 Å². The molecule has 164 valence electrons. The van der Waals surface area contributed by atoms with Gasteiger partial charge in [-0.15, -0.1) is 0 Å². The number of non-ortho nitro benzene ring substituents is 1. The van der Waals surface area contributed by atoms with Gasteiger partial charge in [-0.1, -0.05) is 11.8 Å². The van der Waals surface area contributed by atoms with Crippen LogP contribution in [0.3, 0.4) is 0 Å². The largest absolute Gasteiger partial charge is 0.508 e. The van der Waals surface area contributed by atoms with Crippen molar-refractivity contribution in [1.82, 2.24) is 19.5 Å². The summed E-state index contributed by atoms with van der Waals surface area (Å²) in [6.07, 6.45) is -3.30. The zero-order valence-electron chi connectivity index (χ0n) is 15.8. The molecule has 0 spiro atoms.